The quantitative estimate of drug-likeness (QED) is 0.495. The molecule has 2 rings (SSSR count). The zero-order valence-electron chi connectivity index (χ0n) is 14.7. The molecule has 0 atom stereocenters. The van der Waals surface area contributed by atoms with E-state index in [2.05, 4.69) is 10.6 Å². The van der Waals surface area contributed by atoms with Crippen LogP contribution in [0.1, 0.15) is 29.0 Å². The second-order valence-corrected chi connectivity index (χ2v) is 5.49. The molecule has 27 heavy (non-hydrogen) atoms. The lowest BCUT2D eigenvalue weighted by atomic mass is 10.1. The van der Waals surface area contributed by atoms with Gasteiger partial charge in [-0.15, -0.1) is 0 Å². The number of carboxylic acids is 1. The third-order valence-corrected chi connectivity index (χ3v) is 3.51. The molecule has 0 radical (unpaired) electrons. The number of methoxy groups -OCH3 is 1. The molecule has 8 heteroatoms. The number of ether oxygens (including phenoxy) is 1. The molecule has 0 unspecified atom stereocenters. The Hall–Kier alpha value is -3.55. The van der Waals surface area contributed by atoms with Crippen molar-refractivity contribution in [3.05, 3.63) is 59.7 Å². The van der Waals surface area contributed by atoms with Gasteiger partial charge in [0.1, 0.15) is 11.4 Å². The van der Waals surface area contributed by atoms with Crippen LogP contribution in [0.2, 0.25) is 0 Å². The van der Waals surface area contributed by atoms with Crippen LogP contribution in [0.15, 0.2) is 52.8 Å². The minimum atomic E-state index is -1.19. The zero-order chi connectivity index (χ0) is 19.6. The summed E-state index contributed by atoms with van der Waals surface area (Å²) in [5.74, 6) is -1.61. The fraction of sp³-hybridized carbons (Fsp3) is 0.211. The van der Waals surface area contributed by atoms with Crippen LogP contribution < -0.4 is 20.5 Å². The number of benzene rings is 1. The van der Waals surface area contributed by atoms with E-state index in [-0.39, 0.29) is 30.8 Å². The fourth-order valence-corrected chi connectivity index (χ4v) is 2.15. The molecule has 0 aliphatic heterocycles. The van der Waals surface area contributed by atoms with Crippen LogP contribution in [0.3, 0.4) is 0 Å². The number of carbonyl (C=O) groups is 3. The molecule has 0 saturated carbocycles. The topological polar surface area (TPSA) is 121 Å². The highest BCUT2D eigenvalue weighted by Gasteiger charge is 2.16. The zero-order valence-corrected chi connectivity index (χ0v) is 14.7. The predicted octanol–water partition coefficient (Wildman–Crippen LogP) is 0.705. The summed E-state index contributed by atoms with van der Waals surface area (Å²) in [6.45, 7) is 0.128. The fourth-order valence-electron chi connectivity index (χ4n) is 2.15. The number of rotatable bonds is 9. The molecule has 2 amide bonds. The Balaban J connectivity index is 2.13. The van der Waals surface area contributed by atoms with Gasteiger partial charge in [-0.25, -0.2) is 0 Å². The average molecular weight is 371 g/mol. The Bertz CT molecular complexity index is 809. The van der Waals surface area contributed by atoms with Gasteiger partial charge in [0, 0.05) is 12.5 Å². The monoisotopic (exact) mass is 371 g/mol. The van der Waals surface area contributed by atoms with Gasteiger partial charge >= 0.3 is 0 Å². The lowest BCUT2D eigenvalue weighted by Gasteiger charge is -2.11. The van der Waals surface area contributed by atoms with Gasteiger partial charge in [0.25, 0.3) is 11.8 Å². The molecule has 142 valence electrons. The second kappa shape index (κ2) is 9.81. The van der Waals surface area contributed by atoms with Crippen LogP contribution in [0.5, 0.6) is 5.75 Å². The van der Waals surface area contributed by atoms with E-state index in [4.69, 9.17) is 9.15 Å². The SMILES string of the molecule is COc1ccc(/C=C(\NC(=O)c2ccco2)C(=O)NCCCC(=O)[O-])cc1. The molecule has 0 bridgehead atoms. The van der Waals surface area contributed by atoms with Crippen LogP contribution in [0.4, 0.5) is 0 Å². The van der Waals surface area contributed by atoms with Gasteiger partial charge in [-0.1, -0.05) is 12.1 Å². The van der Waals surface area contributed by atoms with Crippen LogP contribution in [0.25, 0.3) is 6.08 Å². The maximum absolute atomic E-state index is 12.4. The van der Waals surface area contributed by atoms with Crippen molar-refractivity contribution < 1.29 is 28.6 Å². The minimum Gasteiger partial charge on any atom is -0.550 e. The molecule has 1 aromatic heterocycles. The molecule has 0 aliphatic carbocycles. The van der Waals surface area contributed by atoms with Crippen LogP contribution >= 0.6 is 0 Å². The number of carboxylic acid groups (broad SMARTS) is 1. The normalized spacial score (nSPS) is 10.9. The highest BCUT2D eigenvalue weighted by atomic mass is 16.5. The van der Waals surface area contributed by atoms with Gasteiger partial charge in [0.2, 0.25) is 0 Å². The molecule has 1 heterocycles. The van der Waals surface area contributed by atoms with Crippen molar-refractivity contribution in [1.82, 2.24) is 10.6 Å². The number of hydrogen-bond acceptors (Lipinski definition) is 6. The van der Waals surface area contributed by atoms with E-state index in [1.54, 1.807) is 37.4 Å². The molecule has 2 aromatic rings. The molecule has 0 fully saturated rings. The maximum Gasteiger partial charge on any atom is 0.291 e. The van der Waals surface area contributed by atoms with Crippen LogP contribution in [-0.4, -0.2) is 31.4 Å². The Morgan fingerprint density at radius 3 is 2.52 bits per heavy atom. The maximum atomic E-state index is 12.4. The minimum absolute atomic E-state index is 0.00461. The summed E-state index contributed by atoms with van der Waals surface area (Å²) in [6, 6.07) is 9.91. The summed E-state index contributed by atoms with van der Waals surface area (Å²) in [7, 11) is 1.54. The summed E-state index contributed by atoms with van der Waals surface area (Å²) < 4.78 is 10.1. The van der Waals surface area contributed by atoms with Gasteiger partial charge in [-0.05, 0) is 48.7 Å². The molecule has 0 saturated heterocycles. The number of carbonyl (C=O) groups excluding carboxylic acids is 3. The summed E-state index contributed by atoms with van der Waals surface area (Å²) >= 11 is 0. The first-order valence-corrected chi connectivity index (χ1v) is 8.18. The Labute approximate surface area is 155 Å². The number of hydrogen-bond donors (Lipinski definition) is 2. The second-order valence-electron chi connectivity index (χ2n) is 5.49. The van der Waals surface area contributed by atoms with Gasteiger partial charge in [-0.2, -0.15) is 0 Å². The van der Waals surface area contributed by atoms with Crippen molar-refractivity contribution in [3.8, 4) is 5.75 Å². The number of aliphatic carboxylic acids is 1. The van der Waals surface area contributed by atoms with Crippen LogP contribution in [-0.2, 0) is 9.59 Å². The van der Waals surface area contributed by atoms with Gasteiger partial charge in [0.05, 0.1) is 13.4 Å². The average Bonchev–Trinajstić information content (AvgIpc) is 3.20. The van der Waals surface area contributed by atoms with Gasteiger partial charge in [-0.3, -0.25) is 9.59 Å². The van der Waals surface area contributed by atoms with Crippen LogP contribution in [0, 0.1) is 0 Å². The van der Waals surface area contributed by atoms with E-state index >= 15 is 0 Å². The van der Waals surface area contributed by atoms with E-state index in [1.165, 1.54) is 18.4 Å². The summed E-state index contributed by atoms with van der Waals surface area (Å²) in [5.41, 5.74) is 0.658. The van der Waals surface area contributed by atoms with Crippen molar-refractivity contribution in [2.75, 3.05) is 13.7 Å². The van der Waals surface area contributed by atoms with E-state index in [0.717, 1.165) is 0 Å². The van der Waals surface area contributed by atoms with Crippen molar-refractivity contribution in [3.63, 3.8) is 0 Å². The highest BCUT2D eigenvalue weighted by Crippen LogP contribution is 2.14. The summed E-state index contributed by atoms with van der Waals surface area (Å²) in [4.78, 5) is 35.0. The first kappa shape index (κ1) is 19.8. The molecular weight excluding hydrogens is 352 g/mol. The molecule has 1 aromatic carbocycles. The third-order valence-electron chi connectivity index (χ3n) is 3.51. The molecule has 0 aliphatic rings. The summed E-state index contributed by atoms with van der Waals surface area (Å²) in [6.07, 6.45) is 2.89. The van der Waals surface area contributed by atoms with Gasteiger partial charge < -0.3 is 29.7 Å². The van der Waals surface area contributed by atoms with Gasteiger partial charge in [0.15, 0.2) is 5.76 Å². The largest absolute Gasteiger partial charge is 0.550 e. The smallest absolute Gasteiger partial charge is 0.291 e. The third kappa shape index (κ3) is 6.35. The Morgan fingerprint density at radius 2 is 1.93 bits per heavy atom. The van der Waals surface area contributed by atoms with E-state index in [0.29, 0.717) is 11.3 Å². The first-order valence-electron chi connectivity index (χ1n) is 8.18. The number of nitrogens with one attached hydrogen (secondary N) is 2. The van der Waals surface area contributed by atoms with E-state index in [9.17, 15) is 19.5 Å². The Kier molecular flexibility index (Phi) is 7.18. The predicted molar refractivity (Wildman–Crippen MR) is 94.4 cm³/mol. The first-order chi connectivity index (χ1) is 13.0. The van der Waals surface area contributed by atoms with Crippen molar-refractivity contribution in [2.45, 2.75) is 12.8 Å². The number of furan rings is 1. The molecule has 8 nitrogen and oxygen atoms in total. The lowest BCUT2D eigenvalue weighted by molar-refractivity contribution is -0.305. The van der Waals surface area contributed by atoms with E-state index < -0.39 is 17.8 Å². The standard InChI is InChI=1S/C19H20N2O6/c1-26-14-8-6-13(7-9-14)12-15(18(24)20-10-2-5-17(22)23)21-19(25)16-4-3-11-27-16/h3-4,6-9,11-12H,2,5,10H2,1H3,(H,20,24)(H,21,25)(H,22,23)/p-1/b15-12-. The summed E-state index contributed by atoms with van der Waals surface area (Å²) in [5, 5.41) is 15.5. The van der Waals surface area contributed by atoms with Crippen molar-refractivity contribution in [1.29, 1.82) is 0 Å². The van der Waals surface area contributed by atoms with Crippen molar-refractivity contribution in [2.24, 2.45) is 0 Å². The Morgan fingerprint density at radius 1 is 1.19 bits per heavy atom. The molecule has 0 spiro atoms. The molecular formula is C19H19N2O6-. The number of amides is 2. The highest BCUT2D eigenvalue weighted by molar-refractivity contribution is 6.04. The van der Waals surface area contributed by atoms with E-state index in [1.807, 2.05) is 0 Å². The van der Waals surface area contributed by atoms with Crippen molar-refractivity contribution >= 4 is 23.9 Å². The molecule has 2 N–H and O–H groups in total. The lowest BCUT2D eigenvalue weighted by Crippen LogP contribution is -2.35.